The van der Waals surface area contributed by atoms with Crippen LogP contribution in [0, 0.1) is 17.1 Å². The molecule has 0 bridgehead atoms. The first kappa shape index (κ1) is 21.4. The molecule has 1 aromatic rings. The van der Waals surface area contributed by atoms with Crippen LogP contribution in [0.25, 0.3) is 0 Å². The molecule has 0 aliphatic rings. The number of aliphatic imine (C=N–C) groups is 1. The second kappa shape index (κ2) is 11.9. The van der Waals surface area contributed by atoms with Gasteiger partial charge in [0.1, 0.15) is 5.82 Å². The maximum absolute atomic E-state index is 13.9. The lowest BCUT2D eigenvalue weighted by Gasteiger charge is -2.21. The number of halogens is 2. The van der Waals surface area contributed by atoms with E-state index in [1.165, 1.54) is 6.07 Å². The number of rotatable bonds is 7. The predicted molar refractivity (Wildman–Crippen MR) is 103 cm³/mol. The van der Waals surface area contributed by atoms with Gasteiger partial charge in [-0.15, -0.1) is 30.6 Å². The molecular formula is C17H24FIN4. The molecule has 0 aromatic heterocycles. The van der Waals surface area contributed by atoms with Crippen molar-refractivity contribution in [3.63, 3.8) is 0 Å². The zero-order chi connectivity index (χ0) is 16.4. The molecule has 0 atom stereocenters. The minimum Gasteiger partial charge on any atom is -0.357 e. The van der Waals surface area contributed by atoms with E-state index in [2.05, 4.69) is 16.9 Å². The molecule has 0 saturated carbocycles. The molecule has 0 spiro atoms. The molecule has 0 fully saturated rings. The van der Waals surface area contributed by atoms with E-state index in [0.717, 1.165) is 31.9 Å². The zero-order valence-electron chi connectivity index (χ0n) is 13.7. The summed E-state index contributed by atoms with van der Waals surface area (Å²) >= 11 is 0. The van der Waals surface area contributed by atoms with Gasteiger partial charge in [-0.25, -0.2) is 9.38 Å². The number of nitrogens with one attached hydrogen (secondary N) is 1. The number of hydrogen-bond donors (Lipinski definition) is 1. The number of hydrogen-bond acceptors (Lipinski definition) is 2. The number of allylic oxidation sites excluding steroid dienone is 1. The van der Waals surface area contributed by atoms with Gasteiger partial charge in [0.05, 0.1) is 18.2 Å². The summed E-state index contributed by atoms with van der Waals surface area (Å²) in [6.45, 7) is 7.55. The van der Waals surface area contributed by atoms with Crippen molar-refractivity contribution >= 4 is 29.9 Å². The molecule has 1 N–H and O–H groups in total. The Bertz CT molecular complexity index is 566. The van der Waals surface area contributed by atoms with Crippen molar-refractivity contribution in [3.8, 4) is 6.07 Å². The van der Waals surface area contributed by atoms with Gasteiger partial charge in [0.2, 0.25) is 0 Å². The highest BCUT2D eigenvalue weighted by atomic mass is 127. The van der Waals surface area contributed by atoms with Crippen molar-refractivity contribution in [2.45, 2.75) is 26.3 Å². The van der Waals surface area contributed by atoms with E-state index in [-0.39, 0.29) is 30.5 Å². The van der Waals surface area contributed by atoms with Crippen molar-refractivity contribution in [3.05, 3.63) is 47.8 Å². The normalized spacial score (nSPS) is 10.4. The van der Waals surface area contributed by atoms with E-state index in [1.807, 2.05) is 31.0 Å². The summed E-state index contributed by atoms with van der Waals surface area (Å²) in [5.41, 5.74) is 0.799. The first-order valence-corrected chi connectivity index (χ1v) is 7.41. The van der Waals surface area contributed by atoms with Gasteiger partial charge in [0.15, 0.2) is 5.96 Å². The molecule has 0 amide bonds. The van der Waals surface area contributed by atoms with Gasteiger partial charge >= 0.3 is 0 Å². The van der Waals surface area contributed by atoms with E-state index in [1.54, 1.807) is 12.1 Å². The lowest BCUT2D eigenvalue weighted by Crippen LogP contribution is -2.39. The van der Waals surface area contributed by atoms with Crippen molar-refractivity contribution in [1.29, 1.82) is 5.26 Å². The van der Waals surface area contributed by atoms with E-state index in [0.29, 0.717) is 11.1 Å². The van der Waals surface area contributed by atoms with Crippen molar-refractivity contribution < 1.29 is 4.39 Å². The SMILES string of the molecule is C=CCCCN(C)C(=NCc1ccc(C#N)cc1F)NCC.I. The van der Waals surface area contributed by atoms with Gasteiger partial charge in [-0.3, -0.25) is 0 Å². The highest BCUT2D eigenvalue weighted by molar-refractivity contribution is 14.0. The summed E-state index contributed by atoms with van der Waals surface area (Å²) in [7, 11) is 1.96. The summed E-state index contributed by atoms with van der Waals surface area (Å²) in [5.74, 6) is 0.350. The Labute approximate surface area is 155 Å². The lowest BCUT2D eigenvalue weighted by molar-refractivity contribution is 0.469. The molecule has 0 saturated heterocycles. The van der Waals surface area contributed by atoms with Gasteiger partial charge in [-0.1, -0.05) is 12.1 Å². The molecule has 4 nitrogen and oxygen atoms in total. The molecule has 0 aliphatic heterocycles. The van der Waals surface area contributed by atoms with Gasteiger partial charge in [0, 0.05) is 25.7 Å². The van der Waals surface area contributed by atoms with Crippen LogP contribution in [0.15, 0.2) is 35.8 Å². The van der Waals surface area contributed by atoms with Crippen LogP contribution in [0.3, 0.4) is 0 Å². The molecule has 0 aliphatic carbocycles. The van der Waals surface area contributed by atoms with Crippen molar-refractivity contribution in [2.24, 2.45) is 4.99 Å². The van der Waals surface area contributed by atoms with Crippen LogP contribution in [0.4, 0.5) is 4.39 Å². The van der Waals surface area contributed by atoms with Crippen LogP contribution >= 0.6 is 24.0 Å². The highest BCUT2D eigenvalue weighted by Gasteiger charge is 2.07. The van der Waals surface area contributed by atoms with E-state index < -0.39 is 5.82 Å². The van der Waals surface area contributed by atoms with Crippen LogP contribution in [0.1, 0.15) is 30.9 Å². The van der Waals surface area contributed by atoms with Crippen LogP contribution in [-0.4, -0.2) is 31.0 Å². The fraction of sp³-hybridized carbons (Fsp3) is 0.412. The summed E-state index contributed by atoms with van der Waals surface area (Å²) < 4.78 is 13.9. The molecule has 1 rings (SSSR count). The molecule has 0 radical (unpaired) electrons. The number of benzene rings is 1. The Hall–Kier alpha value is -1.62. The smallest absolute Gasteiger partial charge is 0.193 e. The number of guanidine groups is 1. The van der Waals surface area contributed by atoms with Crippen LogP contribution in [0.2, 0.25) is 0 Å². The predicted octanol–water partition coefficient (Wildman–Crippen LogP) is 3.68. The maximum Gasteiger partial charge on any atom is 0.193 e. The Balaban J connectivity index is 0.00000484. The minimum atomic E-state index is -0.395. The van der Waals surface area contributed by atoms with Crippen LogP contribution < -0.4 is 5.32 Å². The summed E-state index contributed by atoms with van der Waals surface area (Å²) in [4.78, 5) is 6.48. The fourth-order valence-corrected chi connectivity index (χ4v) is 1.95. The van der Waals surface area contributed by atoms with E-state index in [9.17, 15) is 4.39 Å². The average molecular weight is 430 g/mol. The van der Waals surface area contributed by atoms with Crippen molar-refractivity contribution in [2.75, 3.05) is 20.1 Å². The van der Waals surface area contributed by atoms with Crippen LogP contribution in [0.5, 0.6) is 0 Å². The minimum absolute atomic E-state index is 0. The number of nitrogens with zero attached hydrogens (tertiary/aromatic N) is 3. The van der Waals surface area contributed by atoms with Gasteiger partial charge in [-0.05, 0) is 31.9 Å². The second-order valence-corrected chi connectivity index (χ2v) is 4.94. The third kappa shape index (κ3) is 7.46. The quantitative estimate of drug-likeness (QED) is 0.236. The Morgan fingerprint density at radius 2 is 2.26 bits per heavy atom. The largest absolute Gasteiger partial charge is 0.357 e. The Kier molecular flexibility index (Phi) is 11.0. The van der Waals surface area contributed by atoms with Gasteiger partial charge in [-0.2, -0.15) is 5.26 Å². The van der Waals surface area contributed by atoms with E-state index >= 15 is 0 Å². The Morgan fingerprint density at radius 1 is 1.52 bits per heavy atom. The molecule has 0 unspecified atom stereocenters. The second-order valence-electron chi connectivity index (χ2n) is 4.94. The van der Waals surface area contributed by atoms with Crippen molar-refractivity contribution in [1.82, 2.24) is 10.2 Å². The maximum atomic E-state index is 13.9. The van der Waals surface area contributed by atoms with E-state index in [4.69, 9.17) is 5.26 Å². The first-order chi connectivity index (χ1) is 10.6. The zero-order valence-corrected chi connectivity index (χ0v) is 16.0. The van der Waals surface area contributed by atoms with Gasteiger partial charge in [0.25, 0.3) is 0 Å². The lowest BCUT2D eigenvalue weighted by atomic mass is 10.1. The molecule has 1 aromatic carbocycles. The number of nitriles is 1. The third-order valence-electron chi connectivity index (χ3n) is 3.18. The molecule has 0 heterocycles. The van der Waals surface area contributed by atoms with Crippen LogP contribution in [-0.2, 0) is 6.54 Å². The Morgan fingerprint density at radius 3 is 2.83 bits per heavy atom. The highest BCUT2D eigenvalue weighted by Crippen LogP contribution is 2.11. The summed E-state index contributed by atoms with van der Waals surface area (Å²) in [5, 5.41) is 11.9. The fourth-order valence-electron chi connectivity index (χ4n) is 1.95. The summed E-state index contributed by atoms with van der Waals surface area (Å²) in [6, 6.07) is 6.38. The van der Waals surface area contributed by atoms with Gasteiger partial charge < -0.3 is 10.2 Å². The topological polar surface area (TPSA) is 51.4 Å². The number of unbranched alkanes of at least 4 members (excludes halogenated alkanes) is 1. The third-order valence-corrected chi connectivity index (χ3v) is 3.18. The molecule has 6 heteroatoms. The molecule has 23 heavy (non-hydrogen) atoms. The molecular weight excluding hydrogens is 406 g/mol. The summed E-state index contributed by atoms with van der Waals surface area (Å²) in [6.07, 6.45) is 3.84. The first-order valence-electron chi connectivity index (χ1n) is 7.41. The standard InChI is InChI=1S/C17H23FN4.HI/c1-4-6-7-10-22(3)17(20-5-2)21-13-15-9-8-14(12-19)11-16(15)18;/h4,8-9,11H,1,5-7,10,13H2,2-3H3,(H,20,21);1H. The monoisotopic (exact) mass is 430 g/mol. The average Bonchev–Trinajstić information content (AvgIpc) is 2.52. The molecule has 126 valence electrons.